The van der Waals surface area contributed by atoms with E-state index < -0.39 is 11.9 Å². The summed E-state index contributed by atoms with van der Waals surface area (Å²) in [6.07, 6.45) is 0.979. The van der Waals surface area contributed by atoms with Crippen LogP contribution in [0.25, 0.3) is 11.0 Å². The van der Waals surface area contributed by atoms with Gasteiger partial charge in [-0.25, -0.2) is 0 Å². The van der Waals surface area contributed by atoms with Crippen molar-refractivity contribution in [2.24, 2.45) is 5.92 Å². The van der Waals surface area contributed by atoms with Crippen molar-refractivity contribution in [3.8, 4) is 5.75 Å². The summed E-state index contributed by atoms with van der Waals surface area (Å²) in [5.41, 5.74) is 1.41. The van der Waals surface area contributed by atoms with E-state index in [1.807, 2.05) is 6.92 Å². The van der Waals surface area contributed by atoms with E-state index >= 15 is 0 Å². The third-order valence-corrected chi connectivity index (χ3v) is 3.17. The highest BCUT2D eigenvalue weighted by Crippen LogP contribution is 2.32. The van der Waals surface area contributed by atoms with Gasteiger partial charge >= 0.3 is 5.97 Å². The number of benzene rings is 1. The number of carbonyl (C=O) groups is 1. The minimum absolute atomic E-state index is 0.161. The molecule has 0 radical (unpaired) electrons. The minimum Gasteiger partial charge on any atom is -0.507 e. The zero-order chi connectivity index (χ0) is 13.3. The lowest BCUT2D eigenvalue weighted by Gasteiger charge is -2.10. The Morgan fingerprint density at radius 3 is 2.78 bits per heavy atom. The topological polar surface area (TPSA) is 70.7 Å². The summed E-state index contributed by atoms with van der Waals surface area (Å²) >= 11 is 0. The number of aryl methyl sites for hydroxylation is 1. The first-order valence-corrected chi connectivity index (χ1v) is 5.96. The van der Waals surface area contributed by atoms with Crippen LogP contribution in [0.1, 0.15) is 24.7 Å². The van der Waals surface area contributed by atoms with Crippen LogP contribution in [0.3, 0.4) is 0 Å². The van der Waals surface area contributed by atoms with Crippen molar-refractivity contribution in [2.75, 3.05) is 0 Å². The molecule has 0 saturated carbocycles. The molecule has 0 saturated heterocycles. The van der Waals surface area contributed by atoms with E-state index in [9.17, 15) is 9.90 Å². The molecule has 0 aliphatic rings. The normalized spacial score (nSPS) is 12.8. The second kappa shape index (κ2) is 4.72. The molecule has 2 N–H and O–H groups in total. The number of carboxylic acids is 1. The summed E-state index contributed by atoms with van der Waals surface area (Å²) in [6, 6.07) is 5.07. The van der Waals surface area contributed by atoms with E-state index in [1.54, 1.807) is 25.1 Å². The van der Waals surface area contributed by atoms with Crippen LogP contribution in [0.15, 0.2) is 22.6 Å². The molecular weight excluding hydrogens is 232 g/mol. The summed E-state index contributed by atoms with van der Waals surface area (Å²) in [5, 5.41) is 19.5. The number of aromatic hydroxyl groups is 1. The third kappa shape index (κ3) is 2.18. The summed E-state index contributed by atoms with van der Waals surface area (Å²) in [4.78, 5) is 11.1. The van der Waals surface area contributed by atoms with Gasteiger partial charge in [0.25, 0.3) is 0 Å². The molecule has 1 aromatic carbocycles. The molecule has 1 heterocycles. The van der Waals surface area contributed by atoms with Gasteiger partial charge in [-0.05, 0) is 37.5 Å². The molecule has 2 rings (SSSR count). The van der Waals surface area contributed by atoms with Gasteiger partial charge in [-0.1, -0.05) is 13.0 Å². The number of hydrogen-bond acceptors (Lipinski definition) is 3. The number of phenolic OH excluding ortho intramolecular Hbond substituents is 1. The molecule has 4 heteroatoms. The molecule has 0 spiro atoms. The van der Waals surface area contributed by atoms with Gasteiger partial charge in [0, 0.05) is 0 Å². The van der Waals surface area contributed by atoms with Gasteiger partial charge in [-0.15, -0.1) is 0 Å². The Kier molecular flexibility index (Phi) is 3.28. The summed E-state index contributed by atoms with van der Waals surface area (Å²) in [5.74, 6) is -0.366. The molecule has 96 valence electrons. The lowest BCUT2D eigenvalue weighted by molar-refractivity contribution is -0.141. The highest BCUT2D eigenvalue weighted by atomic mass is 16.4. The van der Waals surface area contributed by atoms with E-state index in [-0.39, 0.29) is 5.75 Å². The molecule has 0 amide bonds. The van der Waals surface area contributed by atoms with Crippen LogP contribution in [0.4, 0.5) is 0 Å². The molecule has 18 heavy (non-hydrogen) atoms. The predicted molar refractivity (Wildman–Crippen MR) is 67.7 cm³/mol. The van der Waals surface area contributed by atoms with E-state index in [2.05, 4.69) is 0 Å². The van der Waals surface area contributed by atoms with Crippen LogP contribution in [-0.2, 0) is 11.2 Å². The molecule has 0 fully saturated rings. The lowest BCUT2D eigenvalue weighted by atomic mass is 9.96. The van der Waals surface area contributed by atoms with Gasteiger partial charge < -0.3 is 14.6 Å². The van der Waals surface area contributed by atoms with Crippen molar-refractivity contribution in [3.05, 3.63) is 29.5 Å². The molecule has 1 unspecified atom stereocenters. The number of aliphatic carboxylic acids is 1. The second-order valence-electron chi connectivity index (χ2n) is 4.49. The molecule has 0 aliphatic heterocycles. The quantitative estimate of drug-likeness (QED) is 0.872. The van der Waals surface area contributed by atoms with Crippen LogP contribution in [0.5, 0.6) is 5.75 Å². The van der Waals surface area contributed by atoms with Crippen molar-refractivity contribution >= 4 is 16.9 Å². The Morgan fingerprint density at radius 1 is 1.44 bits per heavy atom. The van der Waals surface area contributed by atoms with Crippen LogP contribution >= 0.6 is 0 Å². The van der Waals surface area contributed by atoms with Crippen LogP contribution < -0.4 is 0 Å². The van der Waals surface area contributed by atoms with Gasteiger partial charge in [0.05, 0.1) is 11.3 Å². The van der Waals surface area contributed by atoms with Crippen molar-refractivity contribution in [3.63, 3.8) is 0 Å². The predicted octanol–water partition coefficient (Wildman–Crippen LogP) is 3.10. The molecular formula is C14H16O4. The molecule has 1 aromatic heterocycles. The third-order valence-electron chi connectivity index (χ3n) is 3.17. The molecule has 0 bridgehead atoms. The first-order valence-electron chi connectivity index (χ1n) is 5.96. The zero-order valence-corrected chi connectivity index (χ0v) is 10.4. The Bertz CT molecular complexity index is 583. The molecule has 0 aliphatic carbocycles. The average molecular weight is 248 g/mol. The van der Waals surface area contributed by atoms with E-state index in [0.717, 1.165) is 5.56 Å². The van der Waals surface area contributed by atoms with Crippen molar-refractivity contribution in [1.29, 1.82) is 0 Å². The van der Waals surface area contributed by atoms with Gasteiger partial charge in [-0.2, -0.15) is 0 Å². The van der Waals surface area contributed by atoms with E-state index in [4.69, 9.17) is 9.52 Å². The fourth-order valence-electron chi connectivity index (χ4n) is 2.12. The maximum atomic E-state index is 11.1. The summed E-state index contributed by atoms with van der Waals surface area (Å²) < 4.78 is 5.55. The number of carboxylic acid groups (broad SMARTS) is 1. The minimum atomic E-state index is -0.804. The Morgan fingerprint density at radius 2 is 2.17 bits per heavy atom. The summed E-state index contributed by atoms with van der Waals surface area (Å²) in [7, 11) is 0. The standard InChI is InChI=1S/C14H16O4/c1-3-9(14(16)17)7-10-4-5-12(15)11-6-8(2)18-13(10)11/h4-6,9,15H,3,7H2,1-2H3,(H,16,17). The number of hydrogen-bond donors (Lipinski definition) is 2. The fraction of sp³-hybridized carbons (Fsp3) is 0.357. The Labute approximate surface area is 105 Å². The second-order valence-corrected chi connectivity index (χ2v) is 4.49. The first-order chi connectivity index (χ1) is 8.52. The monoisotopic (exact) mass is 248 g/mol. The molecule has 4 nitrogen and oxygen atoms in total. The summed E-state index contributed by atoms with van der Waals surface area (Å²) in [6.45, 7) is 3.65. The number of fused-ring (bicyclic) bond motifs is 1. The Hall–Kier alpha value is -1.97. The van der Waals surface area contributed by atoms with Gasteiger partial charge in [0.2, 0.25) is 0 Å². The van der Waals surface area contributed by atoms with Crippen molar-refractivity contribution < 1.29 is 19.4 Å². The Balaban J connectivity index is 2.45. The van der Waals surface area contributed by atoms with Crippen molar-refractivity contribution in [1.82, 2.24) is 0 Å². The lowest BCUT2D eigenvalue weighted by Crippen LogP contribution is -2.15. The maximum absolute atomic E-state index is 11.1. The van der Waals surface area contributed by atoms with Crippen LogP contribution in [-0.4, -0.2) is 16.2 Å². The van der Waals surface area contributed by atoms with E-state index in [1.165, 1.54) is 0 Å². The highest BCUT2D eigenvalue weighted by molar-refractivity contribution is 5.87. The van der Waals surface area contributed by atoms with Gasteiger partial charge in [0.1, 0.15) is 17.1 Å². The van der Waals surface area contributed by atoms with Crippen LogP contribution in [0.2, 0.25) is 0 Å². The fourth-order valence-corrected chi connectivity index (χ4v) is 2.12. The molecule has 2 aromatic rings. The van der Waals surface area contributed by atoms with Crippen molar-refractivity contribution in [2.45, 2.75) is 26.7 Å². The largest absolute Gasteiger partial charge is 0.507 e. The van der Waals surface area contributed by atoms with Gasteiger partial charge in [-0.3, -0.25) is 4.79 Å². The average Bonchev–Trinajstić information content (AvgIpc) is 2.71. The smallest absolute Gasteiger partial charge is 0.306 e. The van der Waals surface area contributed by atoms with E-state index in [0.29, 0.717) is 29.6 Å². The number of furan rings is 1. The zero-order valence-electron chi connectivity index (χ0n) is 10.4. The van der Waals surface area contributed by atoms with Gasteiger partial charge in [0.15, 0.2) is 0 Å². The highest BCUT2D eigenvalue weighted by Gasteiger charge is 2.19. The van der Waals surface area contributed by atoms with Crippen LogP contribution in [0, 0.1) is 12.8 Å². The SMILES string of the molecule is CCC(Cc1ccc(O)c2cc(C)oc12)C(=O)O. The number of phenols is 1. The molecule has 1 atom stereocenters. The number of rotatable bonds is 4. The maximum Gasteiger partial charge on any atom is 0.306 e. The first kappa shape index (κ1) is 12.5.